The van der Waals surface area contributed by atoms with Crippen LogP contribution in [-0.2, 0) is 29.2 Å². The number of carbonyl (C=O) groups is 1. The number of fused-ring (bicyclic) bond motifs is 1. The Balaban J connectivity index is 2.34. The Morgan fingerprint density at radius 3 is 2.48 bits per heavy atom. The Labute approximate surface area is 192 Å². The van der Waals surface area contributed by atoms with E-state index in [0.29, 0.717) is 29.7 Å². The minimum atomic E-state index is -5.76. The molecule has 0 radical (unpaired) electrons. The van der Waals surface area contributed by atoms with E-state index in [2.05, 4.69) is 4.18 Å². The summed E-state index contributed by atoms with van der Waals surface area (Å²) < 4.78 is 70.7. The number of esters is 1. The second-order valence-electron chi connectivity index (χ2n) is 8.25. The molecule has 33 heavy (non-hydrogen) atoms. The average molecular weight is 485 g/mol. The molecule has 1 aromatic carbocycles. The molecule has 180 valence electrons. The van der Waals surface area contributed by atoms with Crippen LogP contribution in [0.1, 0.15) is 57.7 Å². The van der Waals surface area contributed by atoms with Crippen molar-refractivity contribution >= 4 is 27.4 Å². The van der Waals surface area contributed by atoms with Crippen molar-refractivity contribution in [3.05, 3.63) is 70.8 Å². The minimum absolute atomic E-state index is 0.296. The van der Waals surface area contributed by atoms with Gasteiger partial charge in [0.2, 0.25) is 0 Å². The Hall–Kier alpha value is -2.81. The van der Waals surface area contributed by atoms with Crippen molar-refractivity contribution in [2.24, 2.45) is 0 Å². The fourth-order valence-electron chi connectivity index (χ4n) is 3.23. The van der Waals surface area contributed by atoms with Crippen LogP contribution in [0.4, 0.5) is 13.2 Å². The molecule has 0 amide bonds. The lowest BCUT2D eigenvalue weighted by atomic mass is 9.74. The molecule has 0 atom stereocenters. The molecular formula is C24H27F3O5S. The predicted octanol–water partition coefficient (Wildman–Crippen LogP) is 6.04. The zero-order chi connectivity index (χ0) is 25.0. The molecule has 1 aromatic rings. The lowest BCUT2D eigenvalue weighted by Gasteiger charge is -2.32. The number of hydrogen-bond donors (Lipinski definition) is 0. The van der Waals surface area contributed by atoms with Crippen LogP contribution in [0.25, 0.3) is 11.3 Å². The molecule has 9 heteroatoms. The second-order valence-corrected chi connectivity index (χ2v) is 9.79. The van der Waals surface area contributed by atoms with Gasteiger partial charge < -0.3 is 8.92 Å². The topological polar surface area (TPSA) is 69.7 Å². The third-order valence-corrected chi connectivity index (χ3v) is 6.05. The fourth-order valence-corrected chi connectivity index (χ4v) is 3.72. The van der Waals surface area contributed by atoms with Crippen LogP contribution < -0.4 is 0 Å². The molecule has 0 fully saturated rings. The summed E-state index contributed by atoms with van der Waals surface area (Å²) in [6.07, 6.45) is 8.42. The SMILES string of the molecule is CCOC(=O)/C=C(C)/C=C/C=C(\C)c1ccc2c(c1)C(C)(C)CC=C2OS(=O)(=O)C(F)(F)F. The van der Waals surface area contributed by atoms with Crippen molar-refractivity contribution in [1.82, 2.24) is 0 Å². The maximum absolute atomic E-state index is 12.8. The molecule has 1 aliphatic carbocycles. The van der Waals surface area contributed by atoms with Gasteiger partial charge in [-0.25, -0.2) is 4.79 Å². The normalized spacial score (nSPS) is 16.9. The van der Waals surface area contributed by atoms with Crippen LogP contribution in [0, 0.1) is 0 Å². The number of carbonyl (C=O) groups excluding carboxylic acids is 1. The summed E-state index contributed by atoms with van der Waals surface area (Å²) in [6.45, 7) is 9.49. The molecule has 0 bridgehead atoms. The van der Waals surface area contributed by atoms with Crippen LogP contribution in [0.2, 0.25) is 0 Å². The van der Waals surface area contributed by atoms with Crippen molar-refractivity contribution in [1.29, 1.82) is 0 Å². The average Bonchev–Trinajstić information content (AvgIpc) is 2.69. The predicted molar refractivity (Wildman–Crippen MR) is 121 cm³/mol. The van der Waals surface area contributed by atoms with Crippen LogP contribution >= 0.6 is 0 Å². The zero-order valence-corrected chi connectivity index (χ0v) is 19.9. The van der Waals surface area contributed by atoms with Gasteiger partial charge in [0.1, 0.15) is 5.76 Å². The number of benzene rings is 1. The highest BCUT2D eigenvalue weighted by atomic mass is 32.2. The summed E-state index contributed by atoms with van der Waals surface area (Å²) in [5.41, 5.74) is -2.56. The van der Waals surface area contributed by atoms with E-state index in [1.807, 2.05) is 32.9 Å². The van der Waals surface area contributed by atoms with Crippen molar-refractivity contribution in [3.63, 3.8) is 0 Å². The summed E-state index contributed by atoms with van der Waals surface area (Å²) in [5.74, 6) is -0.745. The van der Waals surface area contributed by atoms with Gasteiger partial charge in [0, 0.05) is 11.6 Å². The van der Waals surface area contributed by atoms with Gasteiger partial charge in [0.15, 0.2) is 0 Å². The summed E-state index contributed by atoms with van der Waals surface area (Å²) in [4.78, 5) is 11.5. The fraction of sp³-hybridized carbons (Fsp3) is 0.375. The summed E-state index contributed by atoms with van der Waals surface area (Å²) in [7, 11) is -5.76. The lowest BCUT2D eigenvalue weighted by molar-refractivity contribution is -0.137. The Bertz CT molecular complexity index is 1140. The van der Waals surface area contributed by atoms with E-state index in [4.69, 9.17) is 4.74 Å². The molecular weight excluding hydrogens is 457 g/mol. The van der Waals surface area contributed by atoms with E-state index in [1.165, 1.54) is 12.2 Å². The van der Waals surface area contributed by atoms with Crippen LogP contribution in [-0.4, -0.2) is 26.5 Å². The first-order valence-corrected chi connectivity index (χ1v) is 11.6. The van der Waals surface area contributed by atoms with Crippen LogP contribution in [0.5, 0.6) is 0 Å². The maximum atomic E-state index is 12.8. The van der Waals surface area contributed by atoms with E-state index < -0.39 is 27.0 Å². The van der Waals surface area contributed by atoms with Crippen molar-refractivity contribution in [3.8, 4) is 0 Å². The Morgan fingerprint density at radius 2 is 1.88 bits per heavy atom. The summed E-state index contributed by atoms with van der Waals surface area (Å²) in [5, 5.41) is 0. The Morgan fingerprint density at radius 1 is 1.21 bits per heavy atom. The standard InChI is InChI=1S/C24H27F3O5S/c1-6-31-22(28)14-16(2)8-7-9-17(3)18-10-11-19-20(15-18)23(4,5)13-12-21(19)32-33(29,30)24(25,26)27/h7-12,14-15H,6,13H2,1-5H3/b8-7+,16-14+,17-9+. The summed E-state index contributed by atoms with van der Waals surface area (Å²) >= 11 is 0. The number of halogens is 3. The number of rotatable bonds is 7. The largest absolute Gasteiger partial charge is 0.534 e. The second kappa shape index (κ2) is 9.99. The first-order chi connectivity index (χ1) is 15.2. The molecule has 1 aliphatic rings. The maximum Gasteiger partial charge on any atom is 0.534 e. The Kier molecular flexibility index (Phi) is 8.00. The third kappa shape index (κ3) is 6.60. The van der Waals surface area contributed by atoms with Gasteiger partial charge in [-0.15, -0.1) is 0 Å². The number of allylic oxidation sites excluding steroid dienone is 6. The van der Waals surface area contributed by atoms with Crippen molar-refractivity contribution in [2.45, 2.75) is 52.0 Å². The van der Waals surface area contributed by atoms with Gasteiger partial charge >= 0.3 is 21.6 Å². The number of alkyl halides is 3. The number of hydrogen-bond acceptors (Lipinski definition) is 5. The highest BCUT2D eigenvalue weighted by Gasteiger charge is 2.49. The molecule has 0 aliphatic heterocycles. The van der Waals surface area contributed by atoms with E-state index in [9.17, 15) is 26.4 Å². The molecule has 5 nitrogen and oxygen atoms in total. The molecule has 0 saturated carbocycles. The summed E-state index contributed by atoms with van der Waals surface area (Å²) in [6, 6.07) is 5.09. The lowest BCUT2D eigenvalue weighted by Crippen LogP contribution is -2.28. The molecule has 0 saturated heterocycles. The highest BCUT2D eigenvalue weighted by molar-refractivity contribution is 7.87. The third-order valence-electron chi connectivity index (χ3n) is 5.09. The first kappa shape index (κ1) is 26.4. The van der Waals surface area contributed by atoms with E-state index >= 15 is 0 Å². The van der Waals surface area contributed by atoms with Gasteiger partial charge in [-0.3, -0.25) is 0 Å². The van der Waals surface area contributed by atoms with Crippen LogP contribution in [0.15, 0.2) is 54.2 Å². The van der Waals surface area contributed by atoms with E-state index in [0.717, 1.165) is 11.1 Å². The number of ether oxygens (including phenoxy) is 1. The van der Waals surface area contributed by atoms with Gasteiger partial charge in [-0.1, -0.05) is 50.3 Å². The van der Waals surface area contributed by atoms with Gasteiger partial charge in [0.05, 0.1) is 6.61 Å². The van der Waals surface area contributed by atoms with E-state index in [1.54, 1.807) is 38.1 Å². The quantitative estimate of drug-likeness (QED) is 0.155. The van der Waals surface area contributed by atoms with Crippen LogP contribution in [0.3, 0.4) is 0 Å². The van der Waals surface area contributed by atoms with Crippen molar-refractivity contribution < 1.29 is 35.3 Å². The van der Waals surface area contributed by atoms with E-state index in [-0.39, 0.29) is 5.76 Å². The van der Waals surface area contributed by atoms with Crippen molar-refractivity contribution in [2.75, 3.05) is 6.61 Å². The minimum Gasteiger partial charge on any atom is -0.463 e. The zero-order valence-electron chi connectivity index (χ0n) is 19.1. The molecule has 0 N–H and O–H groups in total. The smallest absolute Gasteiger partial charge is 0.463 e. The van der Waals surface area contributed by atoms with Gasteiger partial charge in [-0.2, -0.15) is 21.6 Å². The molecule has 2 rings (SSSR count). The van der Waals surface area contributed by atoms with Gasteiger partial charge in [0.25, 0.3) is 0 Å². The first-order valence-electron chi connectivity index (χ1n) is 10.2. The highest BCUT2D eigenvalue weighted by Crippen LogP contribution is 2.42. The van der Waals surface area contributed by atoms with Gasteiger partial charge in [-0.05, 0) is 61.0 Å². The molecule has 0 heterocycles. The molecule has 0 unspecified atom stereocenters. The molecule has 0 spiro atoms. The monoisotopic (exact) mass is 484 g/mol. The molecule has 0 aromatic heterocycles.